The van der Waals surface area contributed by atoms with Crippen molar-refractivity contribution in [1.29, 1.82) is 0 Å². The first-order chi connectivity index (χ1) is 8.04. The van der Waals surface area contributed by atoms with Gasteiger partial charge in [-0.1, -0.05) is 40.0 Å². The number of carbonyl (C=O) groups excluding carboxylic acids is 1. The Labute approximate surface area is 106 Å². The van der Waals surface area contributed by atoms with Gasteiger partial charge in [-0.25, -0.2) is 0 Å². The molecule has 17 heavy (non-hydrogen) atoms. The maximum absolute atomic E-state index is 12.0. The molecule has 0 bridgehead atoms. The summed E-state index contributed by atoms with van der Waals surface area (Å²) in [6, 6.07) is 0.0221. The van der Waals surface area contributed by atoms with E-state index < -0.39 is 0 Å². The summed E-state index contributed by atoms with van der Waals surface area (Å²) in [6.45, 7) is 6.41. The smallest absolute Gasteiger partial charge is 0.237 e. The zero-order chi connectivity index (χ0) is 12.8. The number of amides is 1. The van der Waals surface area contributed by atoms with Crippen LogP contribution in [0.5, 0.6) is 0 Å². The number of nitrogens with one attached hydrogen (secondary N) is 1. The van der Waals surface area contributed by atoms with Gasteiger partial charge in [-0.15, -0.1) is 0 Å². The van der Waals surface area contributed by atoms with Crippen LogP contribution in [0.4, 0.5) is 0 Å². The molecule has 3 N–H and O–H groups in total. The molecule has 0 heterocycles. The van der Waals surface area contributed by atoms with Gasteiger partial charge in [0.2, 0.25) is 5.91 Å². The minimum absolute atomic E-state index is 0.0454. The lowest BCUT2D eigenvalue weighted by Gasteiger charge is -2.32. The van der Waals surface area contributed by atoms with Gasteiger partial charge < -0.3 is 11.1 Å². The molecule has 3 nitrogen and oxygen atoms in total. The Bertz CT molecular complexity index is 240. The van der Waals surface area contributed by atoms with Gasteiger partial charge in [0.05, 0.1) is 6.04 Å². The summed E-state index contributed by atoms with van der Waals surface area (Å²) in [7, 11) is 0. The lowest BCUT2D eigenvalue weighted by Crippen LogP contribution is -2.49. The van der Waals surface area contributed by atoms with Crippen LogP contribution in [0.3, 0.4) is 0 Å². The fourth-order valence-electron chi connectivity index (χ4n) is 2.79. The summed E-state index contributed by atoms with van der Waals surface area (Å²) in [6.07, 6.45) is 6.85. The lowest BCUT2D eigenvalue weighted by molar-refractivity contribution is -0.124. The largest absolute Gasteiger partial charge is 0.352 e. The predicted octanol–water partition coefficient (Wildman–Crippen LogP) is 2.44. The Morgan fingerprint density at radius 2 is 2.00 bits per heavy atom. The third kappa shape index (κ3) is 4.66. The third-order valence-corrected chi connectivity index (χ3v) is 3.82. The van der Waals surface area contributed by atoms with E-state index in [2.05, 4.69) is 26.1 Å². The normalized spacial score (nSPS) is 26.9. The molecule has 1 rings (SSSR count). The van der Waals surface area contributed by atoms with Gasteiger partial charge in [0.1, 0.15) is 0 Å². The van der Waals surface area contributed by atoms with E-state index in [1.54, 1.807) is 0 Å². The first-order valence-electron chi connectivity index (χ1n) is 7.10. The first-order valence-corrected chi connectivity index (χ1v) is 7.10. The van der Waals surface area contributed by atoms with Gasteiger partial charge in [-0.05, 0) is 31.1 Å². The van der Waals surface area contributed by atoms with Gasteiger partial charge in [0.25, 0.3) is 0 Å². The van der Waals surface area contributed by atoms with Gasteiger partial charge in [-0.2, -0.15) is 0 Å². The van der Waals surface area contributed by atoms with E-state index in [4.69, 9.17) is 5.73 Å². The van der Waals surface area contributed by atoms with Crippen LogP contribution in [-0.4, -0.2) is 18.0 Å². The van der Waals surface area contributed by atoms with Crippen molar-refractivity contribution in [3.05, 3.63) is 0 Å². The van der Waals surface area contributed by atoms with Crippen LogP contribution < -0.4 is 11.1 Å². The average Bonchev–Trinajstić information content (AvgIpc) is 2.28. The molecule has 0 aromatic carbocycles. The quantitative estimate of drug-likeness (QED) is 0.775. The van der Waals surface area contributed by atoms with Crippen molar-refractivity contribution in [3.8, 4) is 0 Å². The van der Waals surface area contributed by atoms with Crippen LogP contribution in [0.2, 0.25) is 0 Å². The third-order valence-electron chi connectivity index (χ3n) is 3.82. The maximum Gasteiger partial charge on any atom is 0.237 e. The molecule has 1 aliphatic carbocycles. The van der Waals surface area contributed by atoms with Gasteiger partial charge >= 0.3 is 0 Å². The molecule has 1 amide bonds. The number of hydrogen-bond donors (Lipinski definition) is 2. The number of carbonyl (C=O) groups is 1. The number of hydrogen-bond acceptors (Lipinski definition) is 2. The monoisotopic (exact) mass is 240 g/mol. The summed E-state index contributed by atoms with van der Waals surface area (Å²) < 4.78 is 0. The van der Waals surface area contributed by atoms with E-state index in [-0.39, 0.29) is 11.9 Å². The molecule has 0 aromatic rings. The summed E-state index contributed by atoms with van der Waals surface area (Å²) in [5, 5.41) is 3.16. The van der Waals surface area contributed by atoms with E-state index in [0.29, 0.717) is 17.9 Å². The standard InChI is InChI=1S/C14H28N2O/c1-4-11-7-5-6-8-13(11)16-14(17)12(15)9-10(2)3/h10-13H,4-9,15H2,1-3H3,(H,16,17). The molecule has 0 aliphatic heterocycles. The Balaban J connectivity index is 2.43. The second-order valence-electron chi connectivity index (χ2n) is 5.80. The molecule has 1 saturated carbocycles. The highest BCUT2D eigenvalue weighted by Gasteiger charge is 2.26. The van der Waals surface area contributed by atoms with Crippen molar-refractivity contribution in [2.75, 3.05) is 0 Å². The Kier molecular flexibility index (Phi) is 5.96. The molecule has 0 saturated heterocycles. The maximum atomic E-state index is 12.0. The molecular formula is C14H28N2O. The SMILES string of the molecule is CCC1CCCCC1NC(=O)C(N)CC(C)C. The van der Waals surface area contributed by atoms with Crippen molar-refractivity contribution < 1.29 is 4.79 Å². The fourth-order valence-corrected chi connectivity index (χ4v) is 2.79. The summed E-state index contributed by atoms with van der Waals surface area (Å²) >= 11 is 0. The minimum atomic E-state index is -0.338. The van der Waals surface area contributed by atoms with Crippen LogP contribution >= 0.6 is 0 Å². The predicted molar refractivity (Wildman–Crippen MR) is 71.6 cm³/mol. The average molecular weight is 240 g/mol. The highest BCUT2D eigenvalue weighted by molar-refractivity contribution is 5.81. The Morgan fingerprint density at radius 3 is 2.59 bits per heavy atom. The summed E-state index contributed by atoms with van der Waals surface area (Å²) in [4.78, 5) is 12.0. The minimum Gasteiger partial charge on any atom is -0.352 e. The van der Waals surface area contributed by atoms with Crippen molar-refractivity contribution in [3.63, 3.8) is 0 Å². The summed E-state index contributed by atoms with van der Waals surface area (Å²) in [5.74, 6) is 1.17. The molecule has 3 unspecified atom stereocenters. The van der Waals surface area contributed by atoms with Gasteiger partial charge in [0, 0.05) is 6.04 Å². The molecule has 0 aromatic heterocycles. The molecule has 3 atom stereocenters. The van der Waals surface area contributed by atoms with Crippen molar-refractivity contribution >= 4 is 5.91 Å². The van der Waals surface area contributed by atoms with Crippen molar-refractivity contribution in [2.45, 2.75) is 71.4 Å². The molecule has 100 valence electrons. The zero-order valence-corrected chi connectivity index (χ0v) is 11.5. The van der Waals surface area contributed by atoms with Crippen LogP contribution in [0.25, 0.3) is 0 Å². The van der Waals surface area contributed by atoms with Crippen molar-refractivity contribution in [2.24, 2.45) is 17.6 Å². The fraction of sp³-hybridized carbons (Fsp3) is 0.929. The van der Waals surface area contributed by atoms with E-state index in [1.165, 1.54) is 19.3 Å². The van der Waals surface area contributed by atoms with Crippen LogP contribution in [0, 0.1) is 11.8 Å². The zero-order valence-electron chi connectivity index (χ0n) is 11.5. The van der Waals surface area contributed by atoms with E-state index in [1.807, 2.05) is 0 Å². The van der Waals surface area contributed by atoms with Crippen LogP contribution in [0.15, 0.2) is 0 Å². The molecule has 0 radical (unpaired) electrons. The molecule has 1 fully saturated rings. The molecule has 0 spiro atoms. The van der Waals surface area contributed by atoms with Crippen molar-refractivity contribution in [1.82, 2.24) is 5.32 Å². The Hall–Kier alpha value is -0.570. The molecular weight excluding hydrogens is 212 g/mol. The molecule has 3 heteroatoms. The van der Waals surface area contributed by atoms with Crippen LogP contribution in [0.1, 0.15) is 59.3 Å². The lowest BCUT2D eigenvalue weighted by atomic mass is 9.82. The summed E-state index contributed by atoms with van der Waals surface area (Å²) in [5.41, 5.74) is 5.91. The highest BCUT2D eigenvalue weighted by atomic mass is 16.2. The van der Waals surface area contributed by atoms with Crippen LogP contribution in [-0.2, 0) is 4.79 Å². The van der Waals surface area contributed by atoms with Gasteiger partial charge in [-0.3, -0.25) is 4.79 Å². The highest BCUT2D eigenvalue weighted by Crippen LogP contribution is 2.26. The topological polar surface area (TPSA) is 55.1 Å². The van der Waals surface area contributed by atoms with E-state index in [0.717, 1.165) is 19.3 Å². The van der Waals surface area contributed by atoms with E-state index in [9.17, 15) is 4.79 Å². The second kappa shape index (κ2) is 7.00. The first kappa shape index (κ1) is 14.5. The van der Waals surface area contributed by atoms with Gasteiger partial charge in [0.15, 0.2) is 0 Å². The second-order valence-corrected chi connectivity index (χ2v) is 5.80. The Morgan fingerprint density at radius 1 is 1.35 bits per heavy atom. The number of rotatable bonds is 5. The van der Waals surface area contributed by atoms with E-state index >= 15 is 0 Å². The molecule has 1 aliphatic rings. The number of nitrogens with two attached hydrogens (primary N) is 1.